The Hall–Kier alpha value is -3.63. The Morgan fingerprint density at radius 3 is 2.59 bits per heavy atom. The summed E-state index contributed by atoms with van der Waals surface area (Å²) >= 11 is 0. The van der Waals surface area contributed by atoms with Crippen LogP contribution in [0.25, 0.3) is 5.69 Å². The Kier molecular flexibility index (Phi) is 5.97. The van der Waals surface area contributed by atoms with Crippen molar-refractivity contribution in [3.8, 4) is 5.69 Å². The van der Waals surface area contributed by atoms with Gasteiger partial charge in [-0.15, -0.1) is 0 Å². The summed E-state index contributed by atoms with van der Waals surface area (Å²) in [4.78, 5) is 34.8. The number of nitrogens with one attached hydrogen (secondary N) is 1. The molecule has 0 aliphatic carbocycles. The lowest BCUT2D eigenvalue weighted by Crippen LogP contribution is -2.50. The molecule has 0 radical (unpaired) electrons. The van der Waals surface area contributed by atoms with Gasteiger partial charge in [-0.3, -0.25) is 9.59 Å². The fourth-order valence-corrected chi connectivity index (χ4v) is 3.77. The van der Waals surface area contributed by atoms with Gasteiger partial charge in [-0.25, -0.2) is 14.6 Å². The van der Waals surface area contributed by atoms with E-state index in [1.54, 1.807) is 30.9 Å². The Morgan fingerprint density at radius 1 is 1.19 bits per heavy atom. The lowest BCUT2D eigenvalue weighted by Gasteiger charge is -2.26. The molecule has 1 unspecified atom stereocenters. The SMILES string of the molecule is CC1c2ncncc2CN1C(=O)[C@H](O)[C@@H](O)C(=O)N[C@H](C)c1ccc(-n2cccn2)cc1. The molecule has 2 amide bonds. The van der Waals surface area contributed by atoms with Gasteiger partial charge >= 0.3 is 0 Å². The zero-order valence-corrected chi connectivity index (χ0v) is 17.7. The van der Waals surface area contributed by atoms with Crippen molar-refractivity contribution in [1.29, 1.82) is 0 Å². The smallest absolute Gasteiger partial charge is 0.255 e. The maximum atomic E-state index is 12.8. The van der Waals surface area contributed by atoms with Crippen LogP contribution in [0, 0.1) is 0 Å². The van der Waals surface area contributed by atoms with Crippen molar-refractivity contribution in [1.82, 2.24) is 30.0 Å². The van der Waals surface area contributed by atoms with Gasteiger partial charge in [0.1, 0.15) is 6.33 Å². The van der Waals surface area contributed by atoms with Crippen LogP contribution in [0.4, 0.5) is 0 Å². The van der Waals surface area contributed by atoms with E-state index in [4.69, 9.17) is 0 Å². The van der Waals surface area contributed by atoms with E-state index in [9.17, 15) is 19.8 Å². The zero-order valence-electron chi connectivity index (χ0n) is 17.7. The maximum Gasteiger partial charge on any atom is 0.255 e. The van der Waals surface area contributed by atoms with Gasteiger partial charge in [0.25, 0.3) is 11.8 Å². The number of nitrogens with zero attached hydrogens (tertiary/aromatic N) is 5. The molecule has 4 rings (SSSR count). The van der Waals surface area contributed by atoms with E-state index in [0.717, 1.165) is 16.8 Å². The van der Waals surface area contributed by atoms with Gasteiger partial charge in [0.2, 0.25) is 0 Å². The highest BCUT2D eigenvalue weighted by Gasteiger charge is 2.39. The molecule has 3 aromatic rings. The third-order valence-corrected chi connectivity index (χ3v) is 5.65. The molecule has 166 valence electrons. The first kappa shape index (κ1) is 21.6. The molecule has 0 bridgehead atoms. The predicted molar refractivity (Wildman–Crippen MR) is 113 cm³/mol. The summed E-state index contributed by atoms with van der Waals surface area (Å²) in [6, 6.07) is 8.36. The van der Waals surface area contributed by atoms with E-state index >= 15 is 0 Å². The normalized spacial score (nSPS) is 18.0. The van der Waals surface area contributed by atoms with E-state index in [-0.39, 0.29) is 6.54 Å². The van der Waals surface area contributed by atoms with Crippen LogP contribution in [-0.2, 0) is 16.1 Å². The first-order valence-corrected chi connectivity index (χ1v) is 10.2. The number of carbonyl (C=O) groups is 2. The topological polar surface area (TPSA) is 133 Å². The number of hydrogen-bond donors (Lipinski definition) is 3. The highest BCUT2D eigenvalue weighted by atomic mass is 16.3. The second-order valence-electron chi connectivity index (χ2n) is 7.74. The minimum absolute atomic E-state index is 0.209. The van der Waals surface area contributed by atoms with E-state index in [1.807, 2.05) is 36.5 Å². The Bertz CT molecular complexity index is 1100. The number of benzene rings is 1. The fraction of sp³-hybridized carbons (Fsp3) is 0.318. The third-order valence-electron chi connectivity index (χ3n) is 5.65. The monoisotopic (exact) mass is 436 g/mol. The van der Waals surface area contributed by atoms with Crippen LogP contribution in [0.2, 0.25) is 0 Å². The van der Waals surface area contributed by atoms with E-state index in [2.05, 4.69) is 20.4 Å². The molecule has 32 heavy (non-hydrogen) atoms. The lowest BCUT2D eigenvalue weighted by molar-refractivity contribution is -0.155. The van der Waals surface area contributed by atoms with Crippen molar-refractivity contribution in [3.05, 3.63) is 72.1 Å². The molecule has 0 spiro atoms. The number of hydrogen-bond acceptors (Lipinski definition) is 7. The fourth-order valence-electron chi connectivity index (χ4n) is 3.77. The number of aromatic nitrogens is 4. The van der Waals surface area contributed by atoms with E-state index in [1.165, 1.54) is 11.2 Å². The molecule has 1 aliphatic rings. The Balaban J connectivity index is 1.37. The van der Waals surface area contributed by atoms with Gasteiger partial charge in [0.05, 0.1) is 23.5 Å². The van der Waals surface area contributed by atoms with Crippen molar-refractivity contribution in [2.24, 2.45) is 0 Å². The van der Waals surface area contributed by atoms with Crippen LogP contribution in [0.15, 0.2) is 55.2 Å². The predicted octanol–water partition coefficient (Wildman–Crippen LogP) is 0.665. The van der Waals surface area contributed by atoms with E-state index in [0.29, 0.717) is 5.69 Å². The largest absolute Gasteiger partial charge is 0.380 e. The summed E-state index contributed by atoms with van der Waals surface area (Å²) in [6.07, 6.45) is 2.71. The minimum Gasteiger partial charge on any atom is -0.380 e. The number of fused-ring (bicyclic) bond motifs is 1. The molecule has 4 atom stereocenters. The van der Waals surface area contributed by atoms with E-state index < -0.39 is 36.1 Å². The first-order valence-electron chi connectivity index (χ1n) is 10.2. The standard InChI is InChI=1S/C22H24N6O4/c1-13(15-4-6-17(7-5-15)28-9-3-8-25-28)26-21(31)19(29)20(30)22(32)27-11-16-10-23-12-24-18(16)14(27)2/h3-10,12-14,19-20,29-30H,11H2,1-2H3,(H,26,31)/t13-,14?,19-,20-/m1/s1. The van der Waals surface area contributed by atoms with Gasteiger partial charge in [0, 0.05) is 30.7 Å². The summed E-state index contributed by atoms with van der Waals surface area (Å²) in [5, 5.41) is 27.5. The van der Waals surface area contributed by atoms with Crippen LogP contribution in [0.5, 0.6) is 0 Å². The van der Waals surface area contributed by atoms with Crippen molar-refractivity contribution < 1.29 is 19.8 Å². The summed E-state index contributed by atoms with van der Waals surface area (Å²) < 4.78 is 1.71. The summed E-state index contributed by atoms with van der Waals surface area (Å²) in [7, 11) is 0. The molecule has 1 aromatic carbocycles. The molecular formula is C22H24N6O4. The lowest BCUT2D eigenvalue weighted by atomic mass is 10.1. The van der Waals surface area contributed by atoms with Gasteiger partial charge in [-0.1, -0.05) is 12.1 Å². The number of rotatable bonds is 6. The quantitative estimate of drug-likeness (QED) is 0.517. The highest BCUT2D eigenvalue weighted by Crippen LogP contribution is 2.31. The van der Waals surface area contributed by atoms with Crippen LogP contribution in [-0.4, -0.2) is 58.9 Å². The zero-order chi connectivity index (χ0) is 22.8. The maximum absolute atomic E-state index is 12.8. The second kappa shape index (κ2) is 8.85. The minimum atomic E-state index is -1.91. The van der Waals surface area contributed by atoms with Crippen LogP contribution in [0.1, 0.15) is 42.8 Å². The molecule has 10 nitrogen and oxygen atoms in total. The van der Waals surface area contributed by atoms with Crippen LogP contribution in [0.3, 0.4) is 0 Å². The molecule has 2 aromatic heterocycles. The van der Waals surface area contributed by atoms with Crippen molar-refractivity contribution in [2.45, 2.75) is 44.7 Å². The molecule has 0 saturated heterocycles. The third kappa shape index (κ3) is 4.10. The number of aliphatic hydroxyl groups is 2. The molecule has 10 heteroatoms. The van der Waals surface area contributed by atoms with Crippen molar-refractivity contribution in [2.75, 3.05) is 0 Å². The Morgan fingerprint density at radius 2 is 1.94 bits per heavy atom. The molecule has 3 N–H and O–H groups in total. The van der Waals surface area contributed by atoms with Gasteiger partial charge in [0.15, 0.2) is 12.2 Å². The Labute approximate surface area is 184 Å². The number of carbonyl (C=O) groups excluding carboxylic acids is 2. The molecule has 0 fully saturated rings. The molecule has 3 heterocycles. The summed E-state index contributed by atoms with van der Waals surface area (Å²) in [5.41, 5.74) is 3.12. The summed E-state index contributed by atoms with van der Waals surface area (Å²) in [5.74, 6) is -1.58. The average Bonchev–Trinajstić information content (AvgIpc) is 3.46. The van der Waals surface area contributed by atoms with Crippen LogP contribution >= 0.6 is 0 Å². The second-order valence-corrected chi connectivity index (χ2v) is 7.74. The van der Waals surface area contributed by atoms with Crippen molar-refractivity contribution in [3.63, 3.8) is 0 Å². The van der Waals surface area contributed by atoms with Gasteiger partial charge < -0.3 is 20.4 Å². The number of aliphatic hydroxyl groups excluding tert-OH is 2. The van der Waals surface area contributed by atoms with Crippen molar-refractivity contribution >= 4 is 11.8 Å². The molecular weight excluding hydrogens is 412 g/mol. The average molecular weight is 436 g/mol. The highest BCUT2D eigenvalue weighted by molar-refractivity contribution is 5.91. The van der Waals surface area contributed by atoms with Gasteiger partial charge in [-0.05, 0) is 37.6 Å². The molecule has 0 saturated carbocycles. The first-order chi connectivity index (χ1) is 15.4. The molecule has 1 aliphatic heterocycles. The summed E-state index contributed by atoms with van der Waals surface area (Å²) in [6.45, 7) is 3.73. The van der Waals surface area contributed by atoms with Crippen LogP contribution < -0.4 is 5.32 Å². The number of amides is 2. The van der Waals surface area contributed by atoms with Gasteiger partial charge in [-0.2, -0.15) is 5.10 Å².